The van der Waals surface area contributed by atoms with Crippen LogP contribution < -0.4 is 0 Å². The largest absolute Gasteiger partial charge is 0.481 e. The third-order valence-electron chi connectivity index (χ3n) is 4.34. The topological polar surface area (TPSA) is 37.3 Å². The molecular weight excluding hydrogens is 728 g/mol. The number of aliphatic carboxylic acids is 1. The maximum absolute atomic E-state index is 10.5. The van der Waals surface area contributed by atoms with Gasteiger partial charge in [0.25, 0.3) is 0 Å². The van der Waals surface area contributed by atoms with Crippen molar-refractivity contribution in [3.05, 3.63) is 0 Å². The first-order valence-electron chi connectivity index (χ1n) is 9.25. The Bertz CT molecular complexity index is 372. The average molecular weight is 758 g/mol. The predicted molar refractivity (Wildman–Crippen MR) is 136 cm³/mol. The van der Waals surface area contributed by atoms with E-state index in [0.29, 0.717) is 35.4 Å². The van der Waals surface area contributed by atoms with E-state index < -0.39 is 5.97 Å². The first kappa shape index (κ1) is 28.4. The lowest BCUT2D eigenvalue weighted by atomic mass is 10.0. The highest BCUT2D eigenvalue weighted by Gasteiger charge is 2.26. The molecule has 0 aliphatic heterocycles. The van der Waals surface area contributed by atoms with Gasteiger partial charge in [-0.2, -0.15) is 0 Å². The van der Waals surface area contributed by atoms with Crippen LogP contribution in [0.1, 0.15) is 71.1 Å². The molecule has 8 heteroatoms. The highest BCUT2D eigenvalue weighted by molar-refractivity contribution is 9.13. The van der Waals surface area contributed by atoms with Crippen LogP contribution in [-0.4, -0.2) is 40.0 Å². The van der Waals surface area contributed by atoms with Crippen LogP contribution in [0.15, 0.2) is 0 Å². The molecule has 0 aromatic rings. The van der Waals surface area contributed by atoms with E-state index in [9.17, 15) is 4.79 Å². The minimum absolute atomic E-state index is 0.300. The molecule has 0 saturated heterocycles. The third kappa shape index (κ3) is 14.4. The van der Waals surface area contributed by atoms with Crippen molar-refractivity contribution in [2.45, 2.75) is 100 Å². The number of halogens is 6. The number of carbonyl (C=O) groups is 1. The minimum Gasteiger partial charge on any atom is -0.481 e. The van der Waals surface area contributed by atoms with Gasteiger partial charge in [-0.3, -0.25) is 4.79 Å². The van der Waals surface area contributed by atoms with Crippen LogP contribution in [0.3, 0.4) is 0 Å². The summed E-state index contributed by atoms with van der Waals surface area (Å²) in [6.45, 7) is 2.19. The monoisotopic (exact) mass is 752 g/mol. The van der Waals surface area contributed by atoms with E-state index in [4.69, 9.17) is 5.11 Å². The number of alkyl halides is 6. The summed E-state index contributed by atoms with van der Waals surface area (Å²) in [4.78, 5) is 13.2. The quantitative estimate of drug-likeness (QED) is 0.127. The second kappa shape index (κ2) is 17.1. The average Bonchev–Trinajstić information content (AvgIpc) is 2.59. The molecule has 0 aromatic carbocycles. The Hall–Kier alpha value is 2.35. The zero-order chi connectivity index (χ0) is 20.1. The molecule has 0 rings (SSSR count). The summed E-state index contributed by atoms with van der Waals surface area (Å²) in [7, 11) is 0. The Morgan fingerprint density at radius 3 is 1.62 bits per heavy atom. The number of unbranched alkanes of at least 4 members (excludes halogenated alkanes) is 4. The second-order valence-electron chi connectivity index (χ2n) is 6.68. The van der Waals surface area contributed by atoms with Gasteiger partial charge >= 0.3 is 5.97 Å². The summed E-state index contributed by atoms with van der Waals surface area (Å²) < 4.78 is 0. The smallest absolute Gasteiger partial charge is 0.303 e. The number of hydrogen-bond donors (Lipinski definition) is 1. The SMILES string of the molecule is CCC(Br)C(Br)CC(Br)C(Br)CC(Br)C(Br)CCCCCCCC(=O)O. The first-order chi connectivity index (χ1) is 12.2. The Morgan fingerprint density at radius 2 is 1.12 bits per heavy atom. The molecule has 0 aliphatic carbocycles. The molecule has 6 atom stereocenters. The number of rotatable bonds is 16. The van der Waals surface area contributed by atoms with Crippen molar-refractivity contribution < 1.29 is 9.90 Å². The highest BCUT2D eigenvalue weighted by Crippen LogP contribution is 2.33. The van der Waals surface area contributed by atoms with Gasteiger partial charge in [0.1, 0.15) is 0 Å². The fourth-order valence-electron chi connectivity index (χ4n) is 2.60. The molecule has 0 fully saturated rings. The molecule has 0 amide bonds. The van der Waals surface area contributed by atoms with Gasteiger partial charge in [0.15, 0.2) is 0 Å². The lowest BCUT2D eigenvalue weighted by Gasteiger charge is -2.25. The lowest BCUT2D eigenvalue weighted by Crippen LogP contribution is -2.27. The molecule has 0 heterocycles. The van der Waals surface area contributed by atoms with Gasteiger partial charge in [0, 0.05) is 35.4 Å². The normalized spacial score (nSPS) is 18.7. The summed E-state index contributed by atoms with van der Waals surface area (Å²) in [5.41, 5.74) is 0. The predicted octanol–water partition coefficient (Wildman–Crippen LogP) is 8.57. The summed E-state index contributed by atoms with van der Waals surface area (Å²) >= 11 is 22.9. The van der Waals surface area contributed by atoms with Crippen LogP contribution in [0, 0.1) is 0 Å². The van der Waals surface area contributed by atoms with E-state index in [0.717, 1.165) is 44.9 Å². The van der Waals surface area contributed by atoms with Crippen molar-refractivity contribution in [3.8, 4) is 0 Å². The van der Waals surface area contributed by atoms with Gasteiger partial charge < -0.3 is 5.11 Å². The van der Waals surface area contributed by atoms with Crippen LogP contribution in [0.4, 0.5) is 0 Å². The molecule has 1 N–H and O–H groups in total. The standard InChI is InChI=1S/C18H30Br6O2/c1-2-12(19)14(21)10-16(23)17(24)11-15(22)13(20)8-6-4-3-5-7-9-18(25)26/h12-17H,2-11H2,1H3,(H,25,26). The number of hydrogen-bond acceptors (Lipinski definition) is 1. The van der Waals surface area contributed by atoms with Gasteiger partial charge in [-0.05, 0) is 32.1 Å². The van der Waals surface area contributed by atoms with E-state index in [2.05, 4.69) is 103 Å². The van der Waals surface area contributed by atoms with E-state index >= 15 is 0 Å². The van der Waals surface area contributed by atoms with Crippen molar-refractivity contribution in [1.29, 1.82) is 0 Å². The maximum Gasteiger partial charge on any atom is 0.303 e. The van der Waals surface area contributed by atoms with Crippen molar-refractivity contribution in [1.82, 2.24) is 0 Å². The lowest BCUT2D eigenvalue weighted by molar-refractivity contribution is -0.137. The summed E-state index contributed by atoms with van der Waals surface area (Å²) in [6.07, 6.45) is 9.99. The maximum atomic E-state index is 10.5. The Balaban J connectivity index is 3.94. The summed E-state index contributed by atoms with van der Waals surface area (Å²) in [6, 6.07) is 0. The van der Waals surface area contributed by atoms with Crippen molar-refractivity contribution >= 4 is 102 Å². The summed E-state index contributed by atoms with van der Waals surface area (Å²) in [5.74, 6) is -0.686. The molecule has 0 saturated carbocycles. The second-order valence-corrected chi connectivity index (χ2v) is 13.7. The van der Waals surface area contributed by atoms with Gasteiger partial charge in [0.05, 0.1) is 0 Å². The molecule has 6 unspecified atom stereocenters. The minimum atomic E-state index is -0.686. The molecule has 0 aromatic heterocycles. The zero-order valence-electron chi connectivity index (χ0n) is 15.2. The molecule has 0 bridgehead atoms. The molecule has 26 heavy (non-hydrogen) atoms. The van der Waals surface area contributed by atoms with Crippen LogP contribution >= 0.6 is 95.6 Å². The van der Waals surface area contributed by atoms with Crippen LogP contribution in [-0.2, 0) is 4.79 Å². The molecule has 0 radical (unpaired) electrons. The highest BCUT2D eigenvalue weighted by atomic mass is 79.9. The first-order valence-corrected chi connectivity index (χ1v) is 14.7. The number of carboxylic acids is 1. The van der Waals surface area contributed by atoms with Crippen LogP contribution in [0.2, 0.25) is 0 Å². The number of carboxylic acid groups (broad SMARTS) is 1. The summed E-state index contributed by atoms with van der Waals surface area (Å²) in [5, 5.41) is 8.63. The van der Waals surface area contributed by atoms with E-state index in [-0.39, 0.29) is 0 Å². The van der Waals surface area contributed by atoms with E-state index in [1.807, 2.05) is 0 Å². The molecule has 0 spiro atoms. The zero-order valence-corrected chi connectivity index (χ0v) is 24.7. The van der Waals surface area contributed by atoms with Crippen molar-refractivity contribution in [2.24, 2.45) is 0 Å². The fraction of sp³-hybridized carbons (Fsp3) is 0.944. The van der Waals surface area contributed by atoms with Crippen LogP contribution in [0.25, 0.3) is 0 Å². The fourth-order valence-corrected chi connectivity index (χ4v) is 7.04. The van der Waals surface area contributed by atoms with Crippen molar-refractivity contribution in [3.63, 3.8) is 0 Å². The molecule has 0 aliphatic rings. The molecular formula is C18H30Br6O2. The van der Waals surface area contributed by atoms with Crippen LogP contribution in [0.5, 0.6) is 0 Å². The third-order valence-corrected chi connectivity index (χ3v) is 12.9. The Labute approximate surface area is 209 Å². The van der Waals surface area contributed by atoms with Gasteiger partial charge in [-0.1, -0.05) is 128 Å². The van der Waals surface area contributed by atoms with Gasteiger partial charge in [-0.25, -0.2) is 0 Å². The van der Waals surface area contributed by atoms with Gasteiger partial charge in [-0.15, -0.1) is 0 Å². The van der Waals surface area contributed by atoms with Gasteiger partial charge in [0.2, 0.25) is 0 Å². The van der Waals surface area contributed by atoms with E-state index in [1.54, 1.807) is 0 Å². The Morgan fingerprint density at radius 1 is 0.692 bits per heavy atom. The Kier molecular flexibility index (Phi) is 18.6. The van der Waals surface area contributed by atoms with E-state index in [1.165, 1.54) is 12.8 Å². The molecule has 2 nitrogen and oxygen atoms in total. The molecule has 156 valence electrons. The van der Waals surface area contributed by atoms with Crippen molar-refractivity contribution in [2.75, 3.05) is 0 Å².